The molecular formula is C16H24BrN3O. The third-order valence-corrected chi connectivity index (χ3v) is 4.96. The third-order valence-electron chi connectivity index (χ3n) is 4.29. The number of nitrogens with one attached hydrogen (secondary N) is 1. The second kappa shape index (κ2) is 7.27. The van der Waals surface area contributed by atoms with Gasteiger partial charge in [-0.3, -0.25) is 4.79 Å². The maximum atomic E-state index is 12.1. The maximum absolute atomic E-state index is 12.1. The normalized spacial score (nSPS) is 21.1. The highest BCUT2D eigenvalue weighted by Gasteiger charge is 2.27. The van der Waals surface area contributed by atoms with E-state index in [1.54, 1.807) is 0 Å². The van der Waals surface area contributed by atoms with Crippen molar-refractivity contribution < 1.29 is 4.79 Å². The Labute approximate surface area is 135 Å². The van der Waals surface area contributed by atoms with E-state index in [9.17, 15) is 4.79 Å². The maximum Gasteiger partial charge on any atom is 0.237 e. The predicted octanol–water partition coefficient (Wildman–Crippen LogP) is 2.52. The highest BCUT2D eigenvalue weighted by Crippen LogP contribution is 2.28. The average molecular weight is 354 g/mol. The number of para-hydroxylation sites is 1. The van der Waals surface area contributed by atoms with Gasteiger partial charge in [-0.15, -0.1) is 0 Å². The molecule has 1 saturated heterocycles. The van der Waals surface area contributed by atoms with Crippen LogP contribution in [0.15, 0.2) is 28.7 Å². The van der Waals surface area contributed by atoms with Crippen LogP contribution in [0.25, 0.3) is 0 Å². The van der Waals surface area contributed by atoms with Gasteiger partial charge in [-0.25, -0.2) is 0 Å². The first-order chi connectivity index (χ1) is 10.0. The fraction of sp³-hybridized carbons (Fsp3) is 0.562. The van der Waals surface area contributed by atoms with Crippen LogP contribution in [0.3, 0.4) is 0 Å². The van der Waals surface area contributed by atoms with Crippen LogP contribution in [0, 0.1) is 5.92 Å². The molecule has 0 saturated carbocycles. The second-order valence-corrected chi connectivity index (χ2v) is 6.66. The van der Waals surface area contributed by atoms with Gasteiger partial charge in [0.2, 0.25) is 5.91 Å². The van der Waals surface area contributed by atoms with E-state index in [1.807, 2.05) is 25.1 Å². The van der Waals surface area contributed by atoms with Gasteiger partial charge in [0.15, 0.2) is 0 Å². The largest absolute Gasteiger partial charge is 0.368 e. The Morgan fingerprint density at radius 2 is 2.24 bits per heavy atom. The van der Waals surface area contributed by atoms with Gasteiger partial charge in [0, 0.05) is 23.6 Å². The molecule has 116 valence electrons. The predicted molar refractivity (Wildman–Crippen MR) is 90.3 cm³/mol. The molecule has 3 N–H and O–H groups in total. The molecule has 5 heteroatoms. The quantitative estimate of drug-likeness (QED) is 0.854. The number of carbonyl (C=O) groups excluding carboxylic acids is 1. The highest BCUT2D eigenvalue weighted by molar-refractivity contribution is 9.10. The van der Waals surface area contributed by atoms with Gasteiger partial charge >= 0.3 is 0 Å². The number of benzene rings is 1. The lowest BCUT2D eigenvalue weighted by Gasteiger charge is -2.22. The summed E-state index contributed by atoms with van der Waals surface area (Å²) in [6.07, 6.45) is 1.88. The van der Waals surface area contributed by atoms with Gasteiger partial charge in [-0.05, 0) is 40.4 Å². The monoisotopic (exact) mass is 353 g/mol. The molecule has 1 amide bonds. The molecule has 3 unspecified atom stereocenters. The number of nitrogens with zero attached hydrogens (tertiary/aromatic N) is 1. The van der Waals surface area contributed by atoms with Gasteiger partial charge in [0.25, 0.3) is 0 Å². The van der Waals surface area contributed by atoms with Gasteiger partial charge in [0.05, 0.1) is 11.7 Å². The van der Waals surface area contributed by atoms with Crippen molar-refractivity contribution in [2.75, 3.05) is 18.0 Å². The van der Waals surface area contributed by atoms with E-state index in [0.29, 0.717) is 0 Å². The van der Waals surface area contributed by atoms with Crippen molar-refractivity contribution in [2.45, 2.75) is 38.8 Å². The first-order valence-corrected chi connectivity index (χ1v) is 8.37. The molecule has 1 heterocycles. The number of halogens is 1. The van der Waals surface area contributed by atoms with Crippen LogP contribution in [0.2, 0.25) is 0 Å². The van der Waals surface area contributed by atoms with Crippen LogP contribution in [0.5, 0.6) is 0 Å². The van der Waals surface area contributed by atoms with E-state index < -0.39 is 6.04 Å². The third kappa shape index (κ3) is 3.98. The molecule has 1 fully saturated rings. The number of anilines is 1. The first kappa shape index (κ1) is 16.3. The summed E-state index contributed by atoms with van der Waals surface area (Å²) in [5, 5.41) is 3.09. The fourth-order valence-electron chi connectivity index (χ4n) is 2.61. The zero-order chi connectivity index (χ0) is 15.4. The molecule has 1 aliphatic rings. The summed E-state index contributed by atoms with van der Waals surface area (Å²) in [5.41, 5.74) is 7.17. The van der Waals surface area contributed by atoms with Crippen molar-refractivity contribution in [3.05, 3.63) is 28.7 Å². The minimum absolute atomic E-state index is 0.0247. The van der Waals surface area contributed by atoms with Crippen molar-refractivity contribution in [3.63, 3.8) is 0 Å². The lowest BCUT2D eigenvalue weighted by Crippen LogP contribution is -2.49. The Hall–Kier alpha value is -1.07. The highest BCUT2D eigenvalue weighted by atomic mass is 79.9. The first-order valence-electron chi connectivity index (χ1n) is 7.58. The molecule has 0 bridgehead atoms. The summed E-state index contributed by atoms with van der Waals surface area (Å²) in [6.45, 7) is 5.86. The molecule has 0 spiro atoms. The van der Waals surface area contributed by atoms with Crippen LogP contribution < -0.4 is 16.0 Å². The Bertz CT molecular complexity index is 494. The molecular weight excluding hydrogens is 330 g/mol. The van der Waals surface area contributed by atoms with Crippen molar-refractivity contribution >= 4 is 27.5 Å². The van der Waals surface area contributed by atoms with Crippen LogP contribution in [-0.2, 0) is 4.79 Å². The van der Waals surface area contributed by atoms with E-state index in [2.05, 4.69) is 39.1 Å². The number of carbonyl (C=O) groups is 1. The van der Waals surface area contributed by atoms with E-state index in [0.717, 1.165) is 30.4 Å². The molecule has 0 radical (unpaired) electrons. The molecule has 2 rings (SSSR count). The van der Waals surface area contributed by atoms with Crippen molar-refractivity contribution in [2.24, 2.45) is 11.7 Å². The standard InChI is InChI=1S/C16H24BrN3O/c1-3-11(2)15(18)16(21)19-12-8-9-20(10-12)14-7-5-4-6-13(14)17/h4-7,11-12,15H,3,8-10,18H2,1-2H3,(H,19,21). The summed E-state index contributed by atoms with van der Waals surface area (Å²) in [5.74, 6) is 0.189. The van der Waals surface area contributed by atoms with Crippen molar-refractivity contribution in [1.82, 2.24) is 5.32 Å². The minimum Gasteiger partial charge on any atom is -0.368 e. The average Bonchev–Trinajstić information content (AvgIpc) is 2.94. The molecule has 0 aliphatic carbocycles. The number of hydrogen-bond donors (Lipinski definition) is 2. The van der Waals surface area contributed by atoms with E-state index in [4.69, 9.17) is 5.73 Å². The Balaban J connectivity index is 1.91. The molecule has 1 aromatic rings. The van der Waals surface area contributed by atoms with Gasteiger partial charge in [-0.1, -0.05) is 32.4 Å². The topological polar surface area (TPSA) is 58.4 Å². The van der Waals surface area contributed by atoms with E-state index in [1.165, 1.54) is 5.69 Å². The molecule has 3 atom stereocenters. The zero-order valence-electron chi connectivity index (χ0n) is 12.7. The number of amides is 1. The minimum atomic E-state index is -0.410. The molecule has 21 heavy (non-hydrogen) atoms. The number of nitrogens with two attached hydrogens (primary N) is 1. The van der Waals surface area contributed by atoms with Crippen molar-refractivity contribution in [1.29, 1.82) is 0 Å². The Kier molecular flexibility index (Phi) is 5.65. The lowest BCUT2D eigenvalue weighted by molar-refractivity contribution is -0.124. The summed E-state index contributed by atoms with van der Waals surface area (Å²) in [4.78, 5) is 14.4. The second-order valence-electron chi connectivity index (χ2n) is 5.80. The summed E-state index contributed by atoms with van der Waals surface area (Å²) >= 11 is 3.58. The van der Waals surface area contributed by atoms with E-state index >= 15 is 0 Å². The smallest absolute Gasteiger partial charge is 0.237 e. The SMILES string of the molecule is CCC(C)C(N)C(=O)NC1CCN(c2ccccc2Br)C1. The van der Waals surface area contributed by atoms with Crippen LogP contribution in [-0.4, -0.2) is 31.1 Å². The van der Waals surface area contributed by atoms with Gasteiger partial charge < -0.3 is 16.0 Å². The summed E-state index contributed by atoms with van der Waals surface area (Å²) in [6, 6.07) is 7.95. The van der Waals surface area contributed by atoms with Crippen LogP contribution in [0.4, 0.5) is 5.69 Å². The Morgan fingerprint density at radius 1 is 1.52 bits per heavy atom. The molecule has 4 nitrogen and oxygen atoms in total. The molecule has 1 aliphatic heterocycles. The zero-order valence-corrected chi connectivity index (χ0v) is 14.3. The van der Waals surface area contributed by atoms with Crippen molar-refractivity contribution in [3.8, 4) is 0 Å². The number of hydrogen-bond acceptors (Lipinski definition) is 3. The molecule has 0 aromatic heterocycles. The van der Waals surface area contributed by atoms with Gasteiger partial charge in [0.1, 0.15) is 0 Å². The fourth-order valence-corrected chi connectivity index (χ4v) is 3.15. The Morgan fingerprint density at radius 3 is 2.90 bits per heavy atom. The van der Waals surface area contributed by atoms with Gasteiger partial charge in [-0.2, -0.15) is 0 Å². The van der Waals surface area contributed by atoms with E-state index in [-0.39, 0.29) is 17.9 Å². The summed E-state index contributed by atoms with van der Waals surface area (Å²) in [7, 11) is 0. The molecule has 1 aromatic carbocycles. The number of rotatable bonds is 5. The summed E-state index contributed by atoms with van der Waals surface area (Å²) < 4.78 is 1.09. The van der Waals surface area contributed by atoms with Crippen LogP contribution >= 0.6 is 15.9 Å². The lowest BCUT2D eigenvalue weighted by atomic mass is 9.99. The van der Waals surface area contributed by atoms with Crippen LogP contribution in [0.1, 0.15) is 26.7 Å².